The highest BCUT2D eigenvalue weighted by atomic mass is 32.2. The van der Waals surface area contributed by atoms with Crippen molar-refractivity contribution in [2.24, 2.45) is 0 Å². The Morgan fingerprint density at radius 1 is 1.09 bits per heavy atom. The fourth-order valence-electron chi connectivity index (χ4n) is 3.46. The van der Waals surface area contributed by atoms with Crippen molar-refractivity contribution in [3.63, 3.8) is 0 Å². The van der Waals surface area contributed by atoms with Gasteiger partial charge in [-0.25, -0.2) is 0 Å². The zero-order valence-electron chi connectivity index (χ0n) is 19.6. The predicted octanol–water partition coefficient (Wildman–Crippen LogP) is -0.689. The first-order valence-corrected chi connectivity index (χ1v) is 12.7. The summed E-state index contributed by atoms with van der Waals surface area (Å²) < 4.78 is 0. The zero-order valence-corrected chi connectivity index (χ0v) is 20.5. The molecular weight excluding hydrogens is 450 g/mol. The second-order valence-corrected chi connectivity index (χ2v) is 8.99. The van der Waals surface area contributed by atoms with Crippen LogP contribution < -0.4 is 21.3 Å². The van der Waals surface area contributed by atoms with Gasteiger partial charge < -0.3 is 26.4 Å². The highest BCUT2D eigenvalue weighted by Gasteiger charge is 2.33. The van der Waals surface area contributed by atoms with Crippen LogP contribution in [-0.4, -0.2) is 95.9 Å². The fraction of sp³-hybridized carbons (Fsp3) is 0.762. The summed E-state index contributed by atoms with van der Waals surface area (Å²) in [6.07, 6.45) is 6.10. The third kappa shape index (κ3) is 10.9. The van der Waals surface area contributed by atoms with E-state index in [0.29, 0.717) is 12.2 Å². The van der Waals surface area contributed by atoms with Crippen LogP contribution >= 0.6 is 11.8 Å². The molecule has 12 heteroatoms. The number of nitrogens with zero attached hydrogens (tertiary/aromatic N) is 1. The van der Waals surface area contributed by atoms with Crippen LogP contribution in [0.25, 0.3) is 0 Å². The maximum atomic E-state index is 12.9. The molecule has 1 fully saturated rings. The van der Waals surface area contributed by atoms with Crippen molar-refractivity contribution < 1.29 is 29.1 Å². The van der Waals surface area contributed by atoms with E-state index >= 15 is 0 Å². The van der Waals surface area contributed by atoms with Crippen LogP contribution in [0.3, 0.4) is 0 Å². The van der Waals surface area contributed by atoms with E-state index in [-0.39, 0.29) is 11.9 Å². The summed E-state index contributed by atoms with van der Waals surface area (Å²) in [7, 11) is 0. The van der Waals surface area contributed by atoms with Crippen molar-refractivity contribution in [1.82, 2.24) is 26.2 Å². The van der Waals surface area contributed by atoms with Gasteiger partial charge in [-0.2, -0.15) is 11.8 Å². The Balaban J connectivity index is 2.61. The van der Waals surface area contributed by atoms with Crippen LogP contribution in [0.2, 0.25) is 0 Å². The van der Waals surface area contributed by atoms with Gasteiger partial charge in [-0.05, 0) is 57.7 Å². The highest BCUT2D eigenvalue weighted by molar-refractivity contribution is 7.98. The van der Waals surface area contributed by atoms with Gasteiger partial charge in [-0.1, -0.05) is 13.3 Å². The summed E-state index contributed by atoms with van der Waals surface area (Å²) in [4.78, 5) is 62.1. The van der Waals surface area contributed by atoms with E-state index in [2.05, 4.69) is 33.1 Å². The Morgan fingerprint density at radius 2 is 1.82 bits per heavy atom. The summed E-state index contributed by atoms with van der Waals surface area (Å²) in [5.41, 5.74) is 0. The molecule has 0 unspecified atom stereocenters. The molecule has 1 heterocycles. The monoisotopic (exact) mass is 487 g/mol. The molecule has 0 aromatic heterocycles. The molecule has 0 aliphatic carbocycles. The van der Waals surface area contributed by atoms with Crippen LogP contribution in [0, 0.1) is 0 Å². The van der Waals surface area contributed by atoms with Gasteiger partial charge >= 0.3 is 5.97 Å². The molecule has 4 amide bonds. The summed E-state index contributed by atoms with van der Waals surface area (Å²) in [6, 6.07) is -1.95. The number of aliphatic carboxylic acids is 1. The number of hydrogen-bond acceptors (Lipinski definition) is 7. The molecule has 0 aromatic carbocycles. The molecule has 0 bridgehead atoms. The lowest BCUT2D eigenvalue weighted by Gasteiger charge is -2.26. The minimum atomic E-state index is -1.19. The molecule has 0 aromatic rings. The van der Waals surface area contributed by atoms with Crippen molar-refractivity contribution in [3.8, 4) is 0 Å². The largest absolute Gasteiger partial charge is 0.480 e. The number of carboxylic acid groups (broad SMARTS) is 1. The SMILES string of the molecule is CCCCN1CCC[C@H]1C(=O)N[C@@H](CCSC)C(=O)N[C@@H](C)C(=O)NCC(=O)NCC(=O)O. The minimum Gasteiger partial charge on any atom is -0.480 e. The average Bonchev–Trinajstić information content (AvgIpc) is 3.25. The Morgan fingerprint density at radius 3 is 2.45 bits per heavy atom. The molecular formula is C21H37N5O6S. The fourth-order valence-corrected chi connectivity index (χ4v) is 3.93. The number of thioether (sulfide) groups is 1. The average molecular weight is 488 g/mol. The van der Waals surface area contributed by atoms with Crippen molar-refractivity contribution in [3.05, 3.63) is 0 Å². The lowest BCUT2D eigenvalue weighted by molar-refractivity contribution is -0.138. The van der Waals surface area contributed by atoms with Gasteiger partial charge in [0.25, 0.3) is 0 Å². The number of carbonyl (C=O) groups is 5. The Bertz CT molecular complexity index is 692. The van der Waals surface area contributed by atoms with Gasteiger partial charge in [0.1, 0.15) is 18.6 Å². The quantitative estimate of drug-likeness (QED) is 0.203. The number of amides is 4. The molecule has 5 N–H and O–H groups in total. The van der Waals surface area contributed by atoms with E-state index in [1.165, 1.54) is 6.92 Å². The molecule has 33 heavy (non-hydrogen) atoms. The second-order valence-electron chi connectivity index (χ2n) is 8.01. The molecule has 188 valence electrons. The normalized spacial score (nSPS) is 17.6. The molecule has 0 saturated carbocycles. The molecule has 0 radical (unpaired) electrons. The molecule has 1 aliphatic heterocycles. The number of carboxylic acids is 1. The highest BCUT2D eigenvalue weighted by Crippen LogP contribution is 2.18. The molecule has 1 saturated heterocycles. The first kappa shape index (κ1) is 28.7. The van der Waals surface area contributed by atoms with Crippen molar-refractivity contribution in [1.29, 1.82) is 0 Å². The first-order valence-electron chi connectivity index (χ1n) is 11.3. The topological polar surface area (TPSA) is 157 Å². The van der Waals surface area contributed by atoms with E-state index in [4.69, 9.17) is 5.11 Å². The van der Waals surface area contributed by atoms with Gasteiger partial charge in [0.05, 0.1) is 12.6 Å². The Labute approximate surface area is 199 Å². The van der Waals surface area contributed by atoms with Crippen LogP contribution in [0.4, 0.5) is 0 Å². The third-order valence-electron chi connectivity index (χ3n) is 5.32. The predicted molar refractivity (Wildman–Crippen MR) is 126 cm³/mol. The number of nitrogens with one attached hydrogen (secondary N) is 4. The summed E-state index contributed by atoms with van der Waals surface area (Å²) >= 11 is 1.55. The summed E-state index contributed by atoms with van der Waals surface area (Å²) in [6.45, 7) is 4.35. The van der Waals surface area contributed by atoms with Crippen molar-refractivity contribution in [2.75, 3.05) is 38.2 Å². The van der Waals surface area contributed by atoms with Gasteiger partial charge in [0, 0.05) is 0 Å². The third-order valence-corrected chi connectivity index (χ3v) is 5.96. The van der Waals surface area contributed by atoms with Crippen molar-refractivity contribution >= 4 is 41.4 Å². The van der Waals surface area contributed by atoms with Crippen LogP contribution in [0.5, 0.6) is 0 Å². The van der Waals surface area contributed by atoms with Crippen LogP contribution in [-0.2, 0) is 24.0 Å². The molecule has 11 nitrogen and oxygen atoms in total. The van der Waals surface area contributed by atoms with E-state index in [1.807, 2.05) is 6.26 Å². The van der Waals surface area contributed by atoms with Gasteiger partial charge in [-0.3, -0.25) is 28.9 Å². The van der Waals surface area contributed by atoms with Gasteiger partial charge in [0.2, 0.25) is 23.6 Å². The number of likely N-dealkylation sites (tertiary alicyclic amines) is 1. The molecule has 1 rings (SSSR count). The van der Waals surface area contributed by atoms with Crippen LogP contribution in [0.15, 0.2) is 0 Å². The van der Waals surface area contributed by atoms with E-state index in [9.17, 15) is 24.0 Å². The molecule has 0 spiro atoms. The lowest BCUT2D eigenvalue weighted by Crippen LogP contribution is -2.56. The number of hydrogen-bond donors (Lipinski definition) is 5. The number of carbonyl (C=O) groups excluding carboxylic acids is 4. The van der Waals surface area contributed by atoms with Crippen molar-refractivity contribution in [2.45, 2.75) is 64.1 Å². The first-order chi connectivity index (χ1) is 15.7. The molecule has 1 aliphatic rings. The van der Waals surface area contributed by atoms with E-state index in [0.717, 1.165) is 38.8 Å². The van der Waals surface area contributed by atoms with E-state index in [1.54, 1.807) is 11.8 Å². The lowest BCUT2D eigenvalue weighted by atomic mass is 10.1. The van der Waals surface area contributed by atoms with Gasteiger partial charge in [0.15, 0.2) is 0 Å². The summed E-state index contributed by atoms with van der Waals surface area (Å²) in [5, 5.41) is 18.5. The van der Waals surface area contributed by atoms with Crippen LogP contribution in [0.1, 0.15) is 46.0 Å². The zero-order chi connectivity index (χ0) is 24.8. The second kappa shape index (κ2) is 15.5. The maximum Gasteiger partial charge on any atom is 0.322 e. The Kier molecular flexibility index (Phi) is 13.5. The van der Waals surface area contributed by atoms with Gasteiger partial charge in [-0.15, -0.1) is 0 Å². The van der Waals surface area contributed by atoms with E-state index < -0.39 is 48.9 Å². The number of unbranched alkanes of at least 4 members (excludes halogenated alkanes) is 1. The standard InChI is InChI=1S/C21H37N5O6S/c1-4-5-9-26-10-6-7-16(26)21(32)25-15(8-11-33-3)20(31)24-14(2)19(30)23-12-17(27)22-13-18(28)29/h14-16H,4-13H2,1-3H3,(H,22,27)(H,23,30)(H,24,31)(H,25,32)(H,28,29)/t14-,15-,16-/m0/s1. The minimum absolute atomic E-state index is 0.169. The maximum absolute atomic E-state index is 12.9. The number of rotatable bonds is 15. The smallest absolute Gasteiger partial charge is 0.322 e. The summed E-state index contributed by atoms with van der Waals surface area (Å²) in [5.74, 6) is -2.42. The molecule has 3 atom stereocenters. The Hall–Kier alpha value is -2.34.